The average molecular weight is 365 g/mol. The zero-order valence-electron chi connectivity index (χ0n) is 14.2. The number of ether oxygens (including phenoxy) is 1. The zero-order valence-corrected chi connectivity index (χ0v) is 15.0. The molecule has 25 heavy (non-hydrogen) atoms. The number of sulfonamides is 1. The van der Waals surface area contributed by atoms with Crippen molar-refractivity contribution in [3.63, 3.8) is 0 Å². The van der Waals surface area contributed by atoms with Gasteiger partial charge in [-0.1, -0.05) is 12.1 Å². The van der Waals surface area contributed by atoms with Crippen LogP contribution in [0.25, 0.3) is 10.9 Å². The number of fused-ring (bicyclic) bond motifs is 1. The van der Waals surface area contributed by atoms with Crippen LogP contribution in [0.15, 0.2) is 24.4 Å². The number of carbonyl (C=O) groups is 1. The quantitative estimate of drug-likeness (QED) is 0.807. The fourth-order valence-corrected chi connectivity index (χ4v) is 4.88. The monoisotopic (exact) mass is 365 g/mol. The predicted molar refractivity (Wildman–Crippen MR) is 96.0 cm³/mol. The Morgan fingerprint density at radius 3 is 2.72 bits per heavy atom. The number of piperidine rings is 1. The first-order valence-corrected chi connectivity index (χ1v) is 9.91. The van der Waals surface area contributed by atoms with Crippen LogP contribution in [-0.4, -0.2) is 56.2 Å². The van der Waals surface area contributed by atoms with Crippen LogP contribution in [0.3, 0.4) is 0 Å². The Labute approximate surface area is 147 Å². The summed E-state index contributed by atoms with van der Waals surface area (Å²) in [5, 5.41) is 0.983. The van der Waals surface area contributed by atoms with Crippen LogP contribution in [0.5, 0.6) is 0 Å². The van der Waals surface area contributed by atoms with Crippen molar-refractivity contribution in [2.75, 3.05) is 32.6 Å². The lowest BCUT2D eigenvalue weighted by Gasteiger charge is -2.31. The smallest absolute Gasteiger partial charge is 0.250 e. The van der Waals surface area contributed by atoms with Gasteiger partial charge in [-0.3, -0.25) is 4.79 Å². The molecule has 2 aromatic rings. The molecule has 1 aliphatic heterocycles. The molecular formula is C17H23N3O4S. The van der Waals surface area contributed by atoms with Gasteiger partial charge < -0.3 is 15.5 Å². The highest BCUT2D eigenvalue weighted by atomic mass is 32.2. The van der Waals surface area contributed by atoms with E-state index < -0.39 is 15.9 Å². The lowest BCUT2D eigenvalue weighted by Crippen LogP contribution is -2.39. The average Bonchev–Trinajstić information content (AvgIpc) is 3.04. The van der Waals surface area contributed by atoms with Gasteiger partial charge in [0, 0.05) is 31.8 Å². The summed E-state index contributed by atoms with van der Waals surface area (Å²) in [4.78, 5) is 14.7. The molecule has 3 rings (SSSR count). The van der Waals surface area contributed by atoms with E-state index in [4.69, 9.17) is 10.5 Å². The molecule has 8 heteroatoms. The number of nitrogens with zero attached hydrogens (tertiary/aromatic N) is 1. The number of aromatic amines is 1. The number of hydrogen-bond acceptors (Lipinski definition) is 4. The number of amides is 1. The molecule has 1 amide bonds. The number of rotatable bonds is 6. The molecule has 3 N–H and O–H groups in total. The largest absolute Gasteiger partial charge is 0.384 e. The fourth-order valence-electron chi connectivity index (χ4n) is 3.48. The molecule has 1 aliphatic rings. The van der Waals surface area contributed by atoms with Crippen molar-refractivity contribution < 1.29 is 17.9 Å². The minimum Gasteiger partial charge on any atom is -0.384 e. The number of H-pyrrole nitrogens is 1. The van der Waals surface area contributed by atoms with Crippen LogP contribution in [0.4, 0.5) is 0 Å². The van der Waals surface area contributed by atoms with Crippen molar-refractivity contribution in [3.8, 4) is 0 Å². The van der Waals surface area contributed by atoms with E-state index in [1.807, 2.05) is 18.3 Å². The van der Waals surface area contributed by atoms with Gasteiger partial charge in [0.15, 0.2) is 0 Å². The van der Waals surface area contributed by atoms with E-state index in [0.29, 0.717) is 18.7 Å². The molecule has 7 nitrogen and oxygen atoms in total. The highest BCUT2D eigenvalue weighted by molar-refractivity contribution is 7.89. The summed E-state index contributed by atoms with van der Waals surface area (Å²) in [6, 6.07) is 5.50. The highest BCUT2D eigenvalue weighted by Gasteiger charge is 2.29. The maximum Gasteiger partial charge on any atom is 0.250 e. The van der Waals surface area contributed by atoms with Crippen molar-refractivity contribution in [2.24, 2.45) is 5.73 Å². The number of methoxy groups -OCH3 is 1. The first-order chi connectivity index (χ1) is 11.9. The molecule has 0 radical (unpaired) electrons. The predicted octanol–water partition coefficient (Wildman–Crippen LogP) is 1.42. The minimum absolute atomic E-state index is 0.0171. The maximum absolute atomic E-state index is 12.3. The second-order valence-corrected chi connectivity index (χ2v) is 8.41. The summed E-state index contributed by atoms with van der Waals surface area (Å²) < 4.78 is 30.9. The Balaban J connectivity index is 1.77. The summed E-state index contributed by atoms with van der Waals surface area (Å²) >= 11 is 0. The first-order valence-electron chi connectivity index (χ1n) is 8.30. The molecular weight excluding hydrogens is 342 g/mol. The summed E-state index contributed by atoms with van der Waals surface area (Å²) in [5.74, 6) is -0.188. The van der Waals surface area contributed by atoms with Crippen molar-refractivity contribution in [3.05, 3.63) is 35.5 Å². The molecule has 1 fully saturated rings. The summed E-state index contributed by atoms with van der Waals surface area (Å²) in [5.41, 5.74) is 7.77. The number of nitrogens with two attached hydrogens (primary N) is 1. The number of primary amides is 1. The molecule has 0 aliphatic carbocycles. The van der Waals surface area contributed by atoms with Gasteiger partial charge in [-0.15, -0.1) is 0 Å². The lowest BCUT2D eigenvalue weighted by molar-refractivity contribution is 0.100. The number of para-hydroxylation sites is 1. The number of aromatic nitrogens is 1. The van der Waals surface area contributed by atoms with Gasteiger partial charge in [0.1, 0.15) is 0 Å². The fraction of sp³-hybridized carbons (Fsp3) is 0.471. The number of nitrogens with one attached hydrogen (secondary N) is 1. The van der Waals surface area contributed by atoms with E-state index in [0.717, 1.165) is 29.3 Å². The van der Waals surface area contributed by atoms with Crippen LogP contribution < -0.4 is 5.73 Å². The SMILES string of the molecule is COCCS(=O)(=O)N1CCC(c2c[nH]c3c(C(N)=O)cccc23)CC1. The van der Waals surface area contributed by atoms with Gasteiger partial charge in [0.2, 0.25) is 10.0 Å². The third-order valence-electron chi connectivity index (χ3n) is 4.85. The molecule has 0 saturated carbocycles. The molecule has 0 unspecified atom stereocenters. The lowest BCUT2D eigenvalue weighted by atomic mass is 9.89. The van der Waals surface area contributed by atoms with Crippen LogP contribution in [0.2, 0.25) is 0 Å². The Morgan fingerprint density at radius 1 is 1.36 bits per heavy atom. The second-order valence-electron chi connectivity index (χ2n) is 6.32. The van der Waals surface area contributed by atoms with Crippen LogP contribution in [0.1, 0.15) is 34.7 Å². The van der Waals surface area contributed by atoms with E-state index in [-0.39, 0.29) is 18.3 Å². The van der Waals surface area contributed by atoms with Gasteiger partial charge in [-0.05, 0) is 30.4 Å². The summed E-state index contributed by atoms with van der Waals surface area (Å²) in [6.45, 7) is 1.21. The maximum atomic E-state index is 12.3. The van der Waals surface area contributed by atoms with Crippen LogP contribution in [0, 0.1) is 0 Å². The molecule has 0 atom stereocenters. The van der Waals surface area contributed by atoms with Gasteiger partial charge in [0.05, 0.1) is 23.4 Å². The van der Waals surface area contributed by atoms with E-state index in [1.165, 1.54) is 7.11 Å². The Hall–Kier alpha value is -1.90. The first kappa shape index (κ1) is 17.9. The normalized spacial score (nSPS) is 17.2. The van der Waals surface area contributed by atoms with Crippen molar-refractivity contribution in [1.29, 1.82) is 0 Å². The molecule has 1 aromatic carbocycles. The van der Waals surface area contributed by atoms with Gasteiger partial charge in [-0.25, -0.2) is 12.7 Å². The third kappa shape index (κ3) is 3.56. The minimum atomic E-state index is -3.26. The van der Waals surface area contributed by atoms with Crippen molar-refractivity contribution >= 4 is 26.8 Å². The Morgan fingerprint density at radius 2 is 2.08 bits per heavy atom. The highest BCUT2D eigenvalue weighted by Crippen LogP contribution is 2.34. The molecule has 136 valence electrons. The van der Waals surface area contributed by atoms with E-state index in [9.17, 15) is 13.2 Å². The summed E-state index contributed by atoms with van der Waals surface area (Å²) in [7, 11) is -1.76. The van der Waals surface area contributed by atoms with Crippen molar-refractivity contribution in [2.45, 2.75) is 18.8 Å². The van der Waals surface area contributed by atoms with Gasteiger partial charge in [0.25, 0.3) is 5.91 Å². The van der Waals surface area contributed by atoms with Gasteiger partial charge in [-0.2, -0.15) is 0 Å². The van der Waals surface area contributed by atoms with Crippen LogP contribution >= 0.6 is 0 Å². The van der Waals surface area contributed by atoms with Crippen molar-refractivity contribution in [1.82, 2.24) is 9.29 Å². The number of hydrogen-bond donors (Lipinski definition) is 2. The van der Waals surface area contributed by atoms with E-state index >= 15 is 0 Å². The molecule has 1 aromatic heterocycles. The molecule has 0 spiro atoms. The number of carbonyl (C=O) groups excluding carboxylic acids is 1. The topological polar surface area (TPSA) is 105 Å². The van der Waals surface area contributed by atoms with Crippen LogP contribution in [-0.2, 0) is 14.8 Å². The molecule has 2 heterocycles. The standard InChI is InChI=1S/C17H23N3O4S/c1-24-9-10-25(22,23)20-7-5-12(6-8-20)15-11-19-16-13(15)3-2-4-14(16)17(18)21/h2-4,11-12,19H,5-10H2,1H3,(H2,18,21). The Bertz CT molecular complexity index is 867. The molecule has 0 bridgehead atoms. The van der Waals surface area contributed by atoms with E-state index in [2.05, 4.69) is 4.98 Å². The van der Waals surface area contributed by atoms with Gasteiger partial charge >= 0.3 is 0 Å². The molecule has 1 saturated heterocycles. The Kier molecular flexibility index (Phi) is 5.12. The third-order valence-corrected chi connectivity index (χ3v) is 6.68. The summed E-state index contributed by atoms with van der Waals surface area (Å²) in [6.07, 6.45) is 3.41. The van der Waals surface area contributed by atoms with E-state index in [1.54, 1.807) is 10.4 Å². The second kappa shape index (κ2) is 7.15. The number of benzene rings is 1. The zero-order chi connectivity index (χ0) is 18.0.